The van der Waals surface area contributed by atoms with Gasteiger partial charge in [-0.2, -0.15) is 5.10 Å². The molecule has 0 bridgehead atoms. The summed E-state index contributed by atoms with van der Waals surface area (Å²) >= 11 is 1.35. The lowest BCUT2D eigenvalue weighted by molar-refractivity contribution is 0.104. The van der Waals surface area contributed by atoms with E-state index < -0.39 is 0 Å². The highest BCUT2D eigenvalue weighted by Gasteiger charge is 2.12. The monoisotopic (exact) mass is 207 g/mol. The number of carbonyl (C=O) groups is 1. The van der Waals surface area contributed by atoms with Gasteiger partial charge in [0.25, 0.3) is 0 Å². The fraction of sp³-hybridized carbons (Fsp3) is 0.222. The lowest BCUT2D eigenvalue weighted by Gasteiger charge is -1.91. The zero-order valence-corrected chi connectivity index (χ0v) is 8.49. The number of aromatic nitrogens is 3. The third-order valence-electron chi connectivity index (χ3n) is 1.88. The Labute approximate surface area is 85.2 Å². The summed E-state index contributed by atoms with van der Waals surface area (Å²) in [5.41, 5.74) is 2.27. The van der Waals surface area contributed by atoms with E-state index in [1.54, 1.807) is 28.8 Å². The third kappa shape index (κ3) is 1.58. The molecule has 2 rings (SSSR count). The molecule has 0 atom stereocenters. The highest BCUT2D eigenvalue weighted by Crippen LogP contribution is 2.12. The second-order valence-corrected chi connectivity index (χ2v) is 3.67. The first-order chi connectivity index (χ1) is 6.81. The predicted molar refractivity (Wildman–Crippen MR) is 53.4 cm³/mol. The Kier molecular flexibility index (Phi) is 2.41. The van der Waals surface area contributed by atoms with Gasteiger partial charge in [-0.15, -0.1) is 11.3 Å². The molecule has 0 spiro atoms. The van der Waals surface area contributed by atoms with Crippen molar-refractivity contribution in [3.63, 3.8) is 0 Å². The SMILES string of the molecule is CCn1cc(C(=O)c2cncs2)cn1. The molecule has 0 saturated carbocycles. The Hall–Kier alpha value is -1.49. The largest absolute Gasteiger partial charge is 0.288 e. The van der Waals surface area contributed by atoms with Crippen LogP contribution in [0.25, 0.3) is 0 Å². The zero-order valence-electron chi connectivity index (χ0n) is 7.67. The van der Waals surface area contributed by atoms with Crippen LogP contribution in [0, 0.1) is 0 Å². The summed E-state index contributed by atoms with van der Waals surface area (Å²) in [4.78, 5) is 16.3. The Balaban J connectivity index is 2.28. The van der Waals surface area contributed by atoms with Crippen molar-refractivity contribution in [3.8, 4) is 0 Å². The minimum Gasteiger partial charge on any atom is -0.288 e. The number of hydrogen-bond acceptors (Lipinski definition) is 4. The maximum atomic E-state index is 11.8. The second-order valence-electron chi connectivity index (χ2n) is 2.78. The van der Waals surface area contributed by atoms with E-state index >= 15 is 0 Å². The van der Waals surface area contributed by atoms with Crippen LogP contribution in [0.5, 0.6) is 0 Å². The standard InChI is InChI=1S/C9H9N3OS/c1-2-12-5-7(3-11-12)9(13)8-4-10-6-14-8/h3-6H,2H2,1H3. The summed E-state index contributed by atoms with van der Waals surface area (Å²) in [6.07, 6.45) is 4.92. The fourth-order valence-electron chi connectivity index (χ4n) is 1.12. The van der Waals surface area contributed by atoms with Crippen molar-refractivity contribution in [3.05, 3.63) is 34.5 Å². The van der Waals surface area contributed by atoms with Gasteiger partial charge in [0.15, 0.2) is 0 Å². The second kappa shape index (κ2) is 3.71. The maximum Gasteiger partial charge on any atom is 0.207 e. The van der Waals surface area contributed by atoms with Crippen molar-refractivity contribution in [2.24, 2.45) is 0 Å². The number of thiazole rings is 1. The number of rotatable bonds is 3. The molecular formula is C9H9N3OS. The van der Waals surface area contributed by atoms with Crippen LogP contribution < -0.4 is 0 Å². The normalized spacial score (nSPS) is 10.4. The van der Waals surface area contributed by atoms with Crippen LogP contribution >= 0.6 is 11.3 Å². The van der Waals surface area contributed by atoms with Crippen LogP contribution in [0.1, 0.15) is 22.2 Å². The zero-order chi connectivity index (χ0) is 9.97. The summed E-state index contributed by atoms with van der Waals surface area (Å²) in [7, 11) is 0. The molecule has 0 aliphatic heterocycles. The summed E-state index contributed by atoms with van der Waals surface area (Å²) in [6, 6.07) is 0. The molecule has 0 amide bonds. The maximum absolute atomic E-state index is 11.8. The molecule has 0 unspecified atom stereocenters. The van der Waals surface area contributed by atoms with Gasteiger partial charge in [-0.1, -0.05) is 0 Å². The van der Waals surface area contributed by atoms with Crippen LogP contribution in [0.15, 0.2) is 24.1 Å². The minimum absolute atomic E-state index is 0.00722. The molecular weight excluding hydrogens is 198 g/mol. The van der Waals surface area contributed by atoms with Crippen molar-refractivity contribution in [1.29, 1.82) is 0 Å². The summed E-state index contributed by atoms with van der Waals surface area (Å²) in [5.74, 6) is -0.00722. The highest BCUT2D eigenvalue weighted by molar-refractivity contribution is 7.11. The van der Waals surface area contributed by atoms with Crippen molar-refractivity contribution in [2.75, 3.05) is 0 Å². The molecule has 2 aromatic heterocycles. The average Bonchev–Trinajstić information content (AvgIpc) is 2.88. The van der Waals surface area contributed by atoms with Gasteiger partial charge in [0.2, 0.25) is 5.78 Å². The van der Waals surface area contributed by atoms with Gasteiger partial charge in [-0.25, -0.2) is 0 Å². The number of nitrogens with zero attached hydrogens (tertiary/aromatic N) is 3. The Morgan fingerprint density at radius 1 is 1.57 bits per heavy atom. The molecule has 0 N–H and O–H groups in total. The fourth-order valence-corrected chi connectivity index (χ4v) is 1.71. The van der Waals surface area contributed by atoms with E-state index in [-0.39, 0.29) is 5.78 Å². The highest BCUT2D eigenvalue weighted by atomic mass is 32.1. The van der Waals surface area contributed by atoms with Gasteiger partial charge in [-0.3, -0.25) is 14.5 Å². The van der Waals surface area contributed by atoms with E-state index in [1.807, 2.05) is 6.92 Å². The third-order valence-corrected chi connectivity index (χ3v) is 2.65. The molecule has 14 heavy (non-hydrogen) atoms. The first-order valence-electron chi connectivity index (χ1n) is 4.27. The number of aryl methyl sites for hydroxylation is 1. The van der Waals surface area contributed by atoms with Crippen LogP contribution in [0.4, 0.5) is 0 Å². The van der Waals surface area contributed by atoms with Gasteiger partial charge in [0.1, 0.15) is 0 Å². The molecule has 0 fully saturated rings. The molecule has 72 valence electrons. The number of hydrogen-bond donors (Lipinski definition) is 0. The topological polar surface area (TPSA) is 47.8 Å². The van der Waals surface area contributed by atoms with Crippen LogP contribution in [-0.4, -0.2) is 20.5 Å². The molecule has 0 radical (unpaired) electrons. The molecule has 4 nitrogen and oxygen atoms in total. The number of ketones is 1. The molecule has 5 heteroatoms. The lowest BCUT2D eigenvalue weighted by Crippen LogP contribution is -1.97. The average molecular weight is 207 g/mol. The van der Waals surface area contributed by atoms with Gasteiger partial charge < -0.3 is 0 Å². The molecule has 2 heterocycles. The number of carbonyl (C=O) groups excluding carboxylic acids is 1. The van der Waals surface area contributed by atoms with Crippen molar-refractivity contribution >= 4 is 17.1 Å². The van der Waals surface area contributed by atoms with E-state index in [2.05, 4.69) is 10.1 Å². The van der Waals surface area contributed by atoms with Gasteiger partial charge in [0.05, 0.1) is 22.1 Å². The van der Waals surface area contributed by atoms with Crippen LogP contribution in [0.3, 0.4) is 0 Å². The minimum atomic E-state index is -0.00722. The molecule has 2 aromatic rings. The van der Waals surface area contributed by atoms with E-state index in [1.165, 1.54) is 11.3 Å². The first kappa shape index (κ1) is 9.08. The predicted octanol–water partition coefficient (Wildman–Crippen LogP) is 1.59. The molecule has 0 aliphatic rings. The molecule has 0 saturated heterocycles. The Bertz CT molecular complexity index is 433. The van der Waals surface area contributed by atoms with Crippen LogP contribution in [-0.2, 0) is 6.54 Å². The molecule has 0 aliphatic carbocycles. The van der Waals surface area contributed by atoms with E-state index in [0.717, 1.165) is 6.54 Å². The Morgan fingerprint density at radius 3 is 3.00 bits per heavy atom. The van der Waals surface area contributed by atoms with E-state index in [4.69, 9.17) is 0 Å². The van der Waals surface area contributed by atoms with Gasteiger partial charge >= 0.3 is 0 Å². The molecule has 0 aromatic carbocycles. The summed E-state index contributed by atoms with van der Waals surface area (Å²) in [6.45, 7) is 2.75. The van der Waals surface area contributed by atoms with Crippen molar-refractivity contribution in [1.82, 2.24) is 14.8 Å². The quantitative estimate of drug-likeness (QED) is 0.718. The van der Waals surface area contributed by atoms with Crippen molar-refractivity contribution in [2.45, 2.75) is 13.5 Å². The van der Waals surface area contributed by atoms with Crippen LogP contribution in [0.2, 0.25) is 0 Å². The lowest BCUT2D eigenvalue weighted by atomic mass is 10.2. The van der Waals surface area contributed by atoms with E-state index in [9.17, 15) is 4.79 Å². The van der Waals surface area contributed by atoms with Gasteiger partial charge in [-0.05, 0) is 6.92 Å². The Morgan fingerprint density at radius 2 is 2.43 bits per heavy atom. The summed E-state index contributed by atoms with van der Waals surface area (Å²) < 4.78 is 1.73. The van der Waals surface area contributed by atoms with Crippen molar-refractivity contribution < 1.29 is 4.79 Å². The first-order valence-corrected chi connectivity index (χ1v) is 5.15. The van der Waals surface area contributed by atoms with Gasteiger partial charge in [0, 0.05) is 18.9 Å². The smallest absolute Gasteiger partial charge is 0.207 e. The summed E-state index contributed by atoms with van der Waals surface area (Å²) in [5, 5.41) is 4.05. The van der Waals surface area contributed by atoms with E-state index in [0.29, 0.717) is 10.4 Å².